The number of aliphatic carboxylic acids is 2. The molecule has 11 aliphatic heterocycles. The molecule has 0 aliphatic carbocycles. The molecule has 11 rings (SSSR count). The minimum Gasteiger partial charge on any atom is -0.477 e. The number of carboxylic acid groups (broad SMARTS) is 2. The molecule has 0 amide bonds. The van der Waals surface area contributed by atoms with E-state index in [4.69, 9.17) is 111 Å². The van der Waals surface area contributed by atoms with Gasteiger partial charge in [0.25, 0.3) is 11.6 Å². The van der Waals surface area contributed by atoms with Crippen molar-refractivity contribution in [1.82, 2.24) is 0 Å². The van der Waals surface area contributed by atoms with Crippen LogP contribution in [0.4, 0.5) is 0 Å². The fraction of sp³-hybridized carbons (Fsp3) is 0.974. The highest BCUT2D eigenvalue weighted by Gasteiger charge is 2.64. The molecule has 0 aromatic heterocycles. The van der Waals surface area contributed by atoms with Crippen LogP contribution in [0.1, 0.15) is 47.5 Å². The quantitative estimate of drug-likeness (QED) is 0.0275. The Bertz CT molecular complexity index is 3610. The van der Waals surface area contributed by atoms with Crippen molar-refractivity contribution in [1.29, 1.82) is 0 Å². The Hall–Kier alpha value is -3.18. The van der Waals surface area contributed by atoms with Gasteiger partial charge in [0.15, 0.2) is 50.3 Å². The Balaban J connectivity index is 0.839. The van der Waals surface area contributed by atoms with Crippen molar-refractivity contribution in [2.24, 2.45) is 35.1 Å². The highest BCUT2D eigenvalue weighted by molar-refractivity contribution is 5.76. The second kappa shape index (κ2) is 47.1. The third-order valence-electron chi connectivity index (χ3n) is 26.8. The van der Waals surface area contributed by atoms with Crippen LogP contribution < -0.4 is 11.5 Å². The fourth-order valence-electron chi connectivity index (χ4n) is 18.1. The summed E-state index contributed by atoms with van der Waals surface area (Å²) in [5, 5.41) is 355. The molecule has 11 heterocycles. The molecule has 11 fully saturated rings. The number of ether oxygens (including phenoxy) is 21. The predicted octanol–water partition coefficient (Wildman–Crippen LogP) is -20.5. The fourth-order valence-corrected chi connectivity index (χ4v) is 18.1. The molecule has 21 unspecified atom stereocenters. The molecule has 0 aromatic carbocycles. The van der Waals surface area contributed by atoms with E-state index < -0.39 is 445 Å². The van der Waals surface area contributed by atoms with Gasteiger partial charge < -0.3 is 274 Å². The summed E-state index contributed by atoms with van der Waals surface area (Å²) in [5.74, 6) is -15.0. The lowest BCUT2D eigenvalue weighted by molar-refractivity contribution is -0.404. The normalized spacial score (nSPS) is 50.9. The maximum Gasteiger partial charge on any atom is 0.364 e. The Labute approximate surface area is 761 Å². The van der Waals surface area contributed by atoms with Gasteiger partial charge >= 0.3 is 11.9 Å². The molecule has 11 saturated heterocycles. The van der Waals surface area contributed by atoms with Gasteiger partial charge in [-0.1, -0.05) is 27.7 Å². The zero-order valence-corrected chi connectivity index (χ0v) is 72.8. The highest BCUT2D eigenvalue weighted by atomic mass is 16.8. The number of carbonyl (C=O) groups is 2. The summed E-state index contributed by atoms with van der Waals surface area (Å²) in [6.07, 6.45) is -99.7. The molecular formula is C77H132N2O55. The van der Waals surface area contributed by atoms with Gasteiger partial charge in [0, 0.05) is 36.5 Å². The van der Waals surface area contributed by atoms with E-state index >= 15 is 0 Å². The summed E-state index contributed by atoms with van der Waals surface area (Å²) in [6.45, 7) is -4.79. The lowest BCUT2D eigenvalue weighted by Gasteiger charge is -2.51. The SMILES string of the molecule is CC1C(O)[C@H](O[C@@H]2OC(CO[C@]3(C(=O)O)C[C@@H](O)[C@@H](N)C([C@H](O)[C@H](O)CO)O3)[C@H](O)[C@H](O)C2O)[C@H](CO)O[C@H]1O[C@@H]1C(O)[C@H](O)C(CO)O[C@@H]1OCC1O[C@@H](O[C@@H]2C(CO)O[C@@H](O[C@@H]3C(CO)O[C@@H](C)C(C)[C@H]3O)C(C)[C@H]2O)[C@H](O)C(O[C@H]2OC(CO)[C@@H](O)C(O)C2O[C@@H]2OC(CO)[C@@H](O[C@@H]3OC(CO)[C@H](O)C(O[C@]4(C(=O)O)C[C@@H](O)[C@@H](N)C([C@H](O)[C@H](O)CO)O4)[C@@H]3O)C(O)[C@@H]2C)[C@@H]1O. The summed E-state index contributed by atoms with van der Waals surface area (Å²) >= 11 is 0. The summed E-state index contributed by atoms with van der Waals surface area (Å²) in [7, 11) is 0. The Morgan fingerprint density at radius 2 is 0.619 bits per heavy atom. The van der Waals surface area contributed by atoms with Crippen molar-refractivity contribution in [2.45, 2.75) is 372 Å². The van der Waals surface area contributed by atoms with E-state index in [1.54, 1.807) is 13.8 Å². The first kappa shape index (κ1) is 111. The zero-order chi connectivity index (χ0) is 99.0. The van der Waals surface area contributed by atoms with E-state index in [0.29, 0.717) is 0 Å². The van der Waals surface area contributed by atoms with Crippen LogP contribution in [0.2, 0.25) is 0 Å². The molecule has 780 valence electrons. The Kier molecular flexibility index (Phi) is 39.1. The molecule has 0 saturated carbocycles. The van der Waals surface area contributed by atoms with E-state index in [1.807, 2.05) is 0 Å². The van der Waals surface area contributed by atoms with Crippen molar-refractivity contribution >= 4 is 11.9 Å². The molecule has 57 heteroatoms. The molecular weight excluding hydrogens is 1830 g/mol. The highest BCUT2D eigenvalue weighted by Crippen LogP contribution is 2.45. The Morgan fingerprint density at radius 1 is 0.313 bits per heavy atom. The number of hydrogen-bond donors (Lipinski definition) is 34. The van der Waals surface area contributed by atoms with Crippen LogP contribution in [0, 0.1) is 23.7 Å². The van der Waals surface area contributed by atoms with Crippen molar-refractivity contribution < 1.29 is 272 Å². The van der Waals surface area contributed by atoms with Crippen molar-refractivity contribution in [3.05, 3.63) is 0 Å². The molecule has 0 bridgehead atoms. The summed E-state index contributed by atoms with van der Waals surface area (Å²) in [5.41, 5.74) is 12.0. The molecule has 36 N–H and O–H groups in total. The summed E-state index contributed by atoms with van der Waals surface area (Å²) in [4.78, 5) is 25.9. The van der Waals surface area contributed by atoms with Crippen LogP contribution >= 0.6 is 0 Å². The molecule has 0 spiro atoms. The van der Waals surface area contributed by atoms with Gasteiger partial charge in [-0.2, -0.15) is 0 Å². The number of carboxylic acids is 2. The van der Waals surface area contributed by atoms with Crippen molar-refractivity contribution in [2.75, 3.05) is 72.7 Å². The maximum atomic E-state index is 13.1. The van der Waals surface area contributed by atoms with Gasteiger partial charge in [0.2, 0.25) is 0 Å². The van der Waals surface area contributed by atoms with Crippen LogP contribution in [-0.2, 0) is 109 Å². The maximum absolute atomic E-state index is 13.1. The lowest BCUT2D eigenvalue weighted by Crippen LogP contribution is -2.70. The van der Waals surface area contributed by atoms with Crippen molar-refractivity contribution in [3.63, 3.8) is 0 Å². The molecule has 11 aliphatic rings. The van der Waals surface area contributed by atoms with Crippen molar-refractivity contribution in [3.8, 4) is 0 Å². The predicted molar refractivity (Wildman–Crippen MR) is 417 cm³/mol. The van der Waals surface area contributed by atoms with Crippen LogP contribution in [0.5, 0.6) is 0 Å². The van der Waals surface area contributed by atoms with E-state index in [0.717, 1.165) is 0 Å². The first-order valence-electron chi connectivity index (χ1n) is 43.7. The lowest BCUT2D eigenvalue weighted by atomic mass is 9.88. The average Bonchev–Trinajstić information content (AvgIpc) is 0.754. The minimum atomic E-state index is -3.18. The van der Waals surface area contributed by atoms with Gasteiger partial charge in [-0.25, -0.2) is 9.59 Å². The van der Waals surface area contributed by atoms with Gasteiger partial charge in [0.1, 0.15) is 208 Å². The van der Waals surface area contributed by atoms with Crippen LogP contribution in [0.15, 0.2) is 0 Å². The number of aliphatic hydroxyl groups excluding tert-OH is 30. The number of hydrogen-bond acceptors (Lipinski definition) is 55. The first-order valence-corrected chi connectivity index (χ1v) is 43.7. The molecule has 0 aromatic rings. The number of rotatable bonds is 37. The molecule has 57 nitrogen and oxygen atoms in total. The van der Waals surface area contributed by atoms with Gasteiger partial charge in [-0.15, -0.1) is 0 Å². The van der Waals surface area contributed by atoms with Gasteiger partial charge in [-0.3, -0.25) is 0 Å². The molecule has 57 atom stereocenters. The van der Waals surface area contributed by atoms with Crippen LogP contribution in [-0.4, -0.2) is 572 Å². The standard InChI is InChI=1S/C77H132N2O55/c1-19-23(5)116-31(13-85)56(39(19)93)125-66-20(2)40(94)58(33(15-87)120-66)127-70-54(108)62(129-73-65(52(106)46(100)29(11-83)119-73)131-68-22(4)42(96)59(34(16-88)122-68)128-71-55(109)63(48(102)30(12-84)117-71)134-77(75(112)113)7-25(90)38(79)61(133-77)44(98)27(92)9-81)49(103)35(123-70)17-114-72-64(51(105)45(99)28(10-82)118-72)130-67-21(3)41(95)57(32(14-86)121-67)126-69-53(107)50(104)47(101)36(124-69)18-115-76(74(110)111)6-24(89)37(78)60(132-76)43(97)26(91)8-80/h19-73,80-109H,6-18,78-79H2,1-5H3,(H,110,111)(H,112,113)/t19?,20?,21?,22-,23-,24+,25+,26+,27+,28?,29?,30?,31?,32-,33?,34?,35?,36?,37+,38+,39+,40+,41?,42?,43+,44+,45+,46+,47-,48-,49+,50-,51?,52?,53?,54+,55-,56+,57+,58+,59+,60?,61?,62?,63?,64+,65?,66-,67-,68-,69-,70-,71-,72-,73+,76+,77-/m0/s1. The second-order valence-corrected chi connectivity index (χ2v) is 35.7. The van der Waals surface area contributed by atoms with Crippen LogP contribution in [0.25, 0.3) is 0 Å². The monoisotopic (exact) mass is 1960 g/mol. The first-order chi connectivity index (χ1) is 63.2. The largest absolute Gasteiger partial charge is 0.477 e. The molecule has 134 heavy (non-hydrogen) atoms. The average molecular weight is 1970 g/mol. The van der Waals surface area contributed by atoms with E-state index in [-0.39, 0.29) is 0 Å². The zero-order valence-electron chi connectivity index (χ0n) is 72.8. The van der Waals surface area contributed by atoms with E-state index in [2.05, 4.69) is 0 Å². The van der Waals surface area contributed by atoms with E-state index in [9.17, 15) is 173 Å². The van der Waals surface area contributed by atoms with Gasteiger partial charge in [-0.05, 0) is 6.92 Å². The van der Waals surface area contributed by atoms with Gasteiger partial charge in [0.05, 0.1) is 127 Å². The smallest absolute Gasteiger partial charge is 0.364 e. The second-order valence-electron chi connectivity index (χ2n) is 35.7. The number of aliphatic hydroxyl groups is 30. The topological polar surface area (TPSA) is 927 Å². The van der Waals surface area contributed by atoms with Crippen LogP contribution in [0.3, 0.4) is 0 Å². The number of nitrogens with two attached hydrogens (primary N) is 2. The Morgan fingerprint density at radius 3 is 1.04 bits per heavy atom. The summed E-state index contributed by atoms with van der Waals surface area (Å²) < 4.78 is 126. The third-order valence-corrected chi connectivity index (χ3v) is 26.8. The summed E-state index contributed by atoms with van der Waals surface area (Å²) in [6, 6.07) is -3.25. The van der Waals surface area contributed by atoms with E-state index in [1.165, 1.54) is 20.8 Å². The molecule has 0 radical (unpaired) electrons. The third kappa shape index (κ3) is 23.0. The minimum absolute atomic E-state index is 0.586.